The third-order valence-corrected chi connectivity index (χ3v) is 5.68. The van der Waals surface area contributed by atoms with Crippen molar-refractivity contribution >= 4 is 6.16 Å². The van der Waals surface area contributed by atoms with Crippen molar-refractivity contribution in [3.05, 3.63) is 0 Å². The minimum Gasteiger partial charge on any atom is -0.565 e. The summed E-state index contributed by atoms with van der Waals surface area (Å²) in [7, 11) is 6.90. The van der Waals surface area contributed by atoms with Gasteiger partial charge in [0.1, 0.15) is 0 Å². The third kappa shape index (κ3) is 37.9. The highest BCUT2D eigenvalue weighted by Crippen LogP contribution is 2.14. The minimum atomic E-state index is -2.08. The molecule has 0 aliphatic heterocycles. The molecule has 0 spiro atoms. The molecule has 0 rings (SSSR count). The molecular formula is C26H55NO3. The van der Waals surface area contributed by atoms with Crippen LogP contribution in [0.1, 0.15) is 135 Å². The van der Waals surface area contributed by atoms with Crippen molar-refractivity contribution in [2.24, 2.45) is 0 Å². The molecule has 0 aromatic heterocycles. The maximum Gasteiger partial charge on any atom is 0.249 e. The van der Waals surface area contributed by atoms with Crippen LogP contribution in [0.2, 0.25) is 0 Å². The molecule has 0 bridgehead atoms. The van der Waals surface area contributed by atoms with Crippen molar-refractivity contribution in [3.63, 3.8) is 0 Å². The van der Waals surface area contributed by atoms with Gasteiger partial charge in [-0.05, 0) is 12.8 Å². The zero-order chi connectivity index (χ0) is 22.9. The average molecular weight is 430 g/mol. The Labute approximate surface area is 189 Å². The van der Waals surface area contributed by atoms with E-state index in [4.69, 9.17) is 15.0 Å². The fraction of sp³-hybridized carbons (Fsp3) is 0.962. The lowest BCUT2D eigenvalue weighted by Gasteiger charge is -2.23. The molecule has 4 heteroatoms. The summed E-state index contributed by atoms with van der Waals surface area (Å²) in [5.74, 6) is 0. The smallest absolute Gasteiger partial charge is 0.249 e. The van der Waals surface area contributed by atoms with Gasteiger partial charge in [-0.15, -0.1) is 0 Å². The Kier molecular flexibility index (Phi) is 25.7. The van der Waals surface area contributed by atoms with Crippen LogP contribution in [-0.4, -0.2) is 43.4 Å². The molecule has 0 aliphatic carbocycles. The third-order valence-electron chi connectivity index (χ3n) is 5.68. The average Bonchev–Trinajstić information content (AvgIpc) is 2.65. The van der Waals surface area contributed by atoms with E-state index in [9.17, 15) is 0 Å². The van der Waals surface area contributed by atoms with E-state index in [-0.39, 0.29) is 0 Å². The first-order valence-corrected chi connectivity index (χ1v) is 13.0. The van der Waals surface area contributed by atoms with Gasteiger partial charge in [-0.2, -0.15) is 0 Å². The minimum absolute atomic E-state index is 1.12. The summed E-state index contributed by atoms with van der Waals surface area (Å²) in [4.78, 5) is 8.44. The van der Waals surface area contributed by atoms with Gasteiger partial charge in [0.15, 0.2) is 0 Å². The highest BCUT2D eigenvalue weighted by molar-refractivity contribution is 5.50. The number of rotatable bonds is 21. The van der Waals surface area contributed by atoms with Crippen LogP contribution in [0, 0.1) is 0 Å². The predicted octanol–water partition coefficient (Wildman–Crippen LogP) is 7.40. The van der Waals surface area contributed by atoms with Crippen LogP contribution in [0.5, 0.6) is 0 Å². The maximum absolute atomic E-state index is 8.44. The molecule has 30 heavy (non-hydrogen) atoms. The highest BCUT2D eigenvalue weighted by Gasteiger charge is 2.04. The topological polar surface area (TPSA) is 60.4 Å². The first-order chi connectivity index (χ1) is 14.3. The van der Waals surface area contributed by atoms with Crippen molar-refractivity contribution in [2.45, 2.75) is 135 Å². The van der Waals surface area contributed by atoms with E-state index in [0.717, 1.165) is 4.48 Å². The Morgan fingerprint density at radius 2 is 0.767 bits per heavy atom. The largest absolute Gasteiger partial charge is 0.565 e. The zero-order valence-electron chi connectivity index (χ0n) is 21.1. The monoisotopic (exact) mass is 429 g/mol. The standard InChI is InChI=1S/C25H54N.CH2O3/c1-5-6-7-8-9-10-11-12-13-14-15-16-17-18-19-20-21-22-23-24-25-26(2,3)4;2-1(3)4/h5-25H2,1-4H3;(H2,2,3,4)/q+1;/p-1. The summed E-state index contributed by atoms with van der Waals surface area (Å²) in [5.41, 5.74) is 0. The SMILES string of the molecule is CCCCCCCCCCCCCCCCCCCCCC[N+](C)(C)C.O=C([O-])O. The second kappa shape index (κ2) is 24.5. The molecule has 0 saturated carbocycles. The molecule has 182 valence electrons. The van der Waals surface area contributed by atoms with Crippen molar-refractivity contribution in [1.29, 1.82) is 0 Å². The molecule has 0 atom stereocenters. The van der Waals surface area contributed by atoms with Crippen LogP contribution in [0.4, 0.5) is 4.79 Å². The molecule has 0 fully saturated rings. The molecule has 0 aromatic rings. The van der Waals surface area contributed by atoms with E-state index in [2.05, 4.69) is 28.1 Å². The summed E-state index contributed by atoms with van der Waals surface area (Å²) < 4.78 is 1.12. The Balaban J connectivity index is 0. The number of nitrogens with zero attached hydrogens (tertiary/aromatic N) is 1. The number of unbranched alkanes of at least 4 members (excludes halogenated alkanes) is 19. The second-order valence-corrected chi connectivity index (χ2v) is 10.00. The molecule has 0 unspecified atom stereocenters. The molecule has 0 amide bonds. The lowest BCUT2D eigenvalue weighted by molar-refractivity contribution is -0.870. The van der Waals surface area contributed by atoms with E-state index >= 15 is 0 Å². The van der Waals surface area contributed by atoms with E-state index in [1.165, 1.54) is 135 Å². The van der Waals surface area contributed by atoms with Gasteiger partial charge in [0.2, 0.25) is 6.16 Å². The molecule has 0 aliphatic rings. The Morgan fingerprint density at radius 3 is 0.967 bits per heavy atom. The fourth-order valence-electron chi connectivity index (χ4n) is 3.84. The zero-order valence-corrected chi connectivity index (χ0v) is 21.1. The van der Waals surface area contributed by atoms with Crippen molar-refractivity contribution in [2.75, 3.05) is 27.7 Å². The molecule has 0 saturated heterocycles. The molecule has 0 heterocycles. The summed E-state index contributed by atoms with van der Waals surface area (Å²) in [6.07, 6.45) is 27.3. The van der Waals surface area contributed by atoms with E-state index in [1.54, 1.807) is 0 Å². The van der Waals surface area contributed by atoms with Crippen LogP contribution >= 0.6 is 0 Å². The second-order valence-electron chi connectivity index (χ2n) is 10.00. The Bertz CT molecular complexity index is 336. The molecular weight excluding hydrogens is 374 g/mol. The number of hydrogen-bond donors (Lipinski definition) is 1. The van der Waals surface area contributed by atoms with Crippen LogP contribution in [0.3, 0.4) is 0 Å². The quantitative estimate of drug-likeness (QED) is 0.153. The van der Waals surface area contributed by atoms with Gasteiger partial charge in [0.05, 0.1) is 27.7 Å². The fourth-order valence-corrected chi connectivity index (χ4v) is 3.84. The summed E-state index contributed by atoms with van der Waals surface area (Å²) in [6, 6.07) is 0. The highest BCUT2D eigenvalue weighted by atomic mass is 16.6. The number of carbonyl (C=O) groups is 1. The Hall–Kier alpha value is -0.770. The van der Waals surface area contributed by atoms with Crippen LogP contribution in [-0.2, 0) is 0 Å². The van der Waals surface area contributed by atoms with Gasteiger partial charge in [0, 0.05) is 0 Å². The number of quaternary nitrogens is 1. The first-order valence-electron chi connectivity index (χ1n) is 13.0. The molecule has 1 N–H and O–H groups in total. The van der Waals surface area contributed by atoms with Gasteiger partial charge in [-0.3, -0.25) is 0 Å². The summed E-state index contributed by atoms with van der Waals surface area (Å²) >= 11 is 0. The number of carboxylic acid groups (broad SMARTS) is 2. The molecule has 0 radical (unpaired) electrons. The lowest BCUT2D eigenvalue weighted by atomic mass is 10.0. The maximum atomic E-state index is 8.44. The normalized spacial score (nSPS) is 11.2. The van der Waals surface area contributed by atoms with Crippen LogP contribution in [0.15, 0.2) is 0 Å². The first kappa shape index (κ1) is 31.4. The van der Waals surface area contributed by atoms with Gasteiger partial charge in [-0.25, -0.2) is 0 Å². The van der Waals surface area contributed by atoms with E-state index < -0.39 is 6.16 Å². The van der Waals surface area contributed by atoms with Crippen LogP contribution in [0.25, 0.3) is 0 Å². The van der Waals surface area contributed by atoms with E-state index in [0.29, 0.717) is 0 Å². The van der Waals surface area contributed by atoms with Gasteiger partial charge in [-0.1, -0.05) is 122 Å². The lowest BCUT2D eigenvalue weighted by Crippen LogP contribution is -2.35. The number of hydrogen-bond acceptors (Lipinski definition) is 2. The van der Waals surface area contributed by atoms with Gasteiger partial charge in [0.25, 0.3) is 0 Å². The van der Waals surface area contributed by atoms with Gasteiger partial charge >= 0.3 is 0 Å². The van der Waals surface area contributed by atoms with E-state index in [1.807, 2.05) is 0 Å². The molecule has 4 nitrogen and oxygen atoms in total. The predicted molar refractivity (Wildman–Crippen MR) is 129 cm³/mol. The van der Waals surface area contributed by atoms with Crippen molar-refractivity contribution in [1.82, 2.24) is 0 Å². The van der Waals surface area contributed by atoms with Crippen LogP contribution < -0.4 is 5.11 Å². The Morgan fingerprint density at radius 1 is 0.567 bits per heavy atom. The molecule has 0 aromatic carbocycles. The summed E-state index contributed by atoms with van der Waals surface area (Å²) in [6.45, 7) is 3.63. The van der Waals surface area contributed by atoms with Gasteiger partial charge < -0.3 is 19.5 Å². The van der Waals surface area contributed by atoms with Crippen molar-refractivity contribution < 1.29 is 19.5 Å². The summed E-state index contributed by atoms with van der Waals surface area (Å²) in [5, 5.41) is 15.3. The van der Waals surface area contributed by atoms with Crippen molar-refractivity contribution in [3.8, 4) is 0 Å².